The number of carbonyl (C=O) groups excluding carboxylic acids is 1. The molecule has 0 spiro atoms. The van der Waals surface area contributed by atoms with Gasteiger partial charge in [0, 0.05) is 25.6 Å². The summed E-state index contributed by atoms with van der Waals surface area (Å²) in [6.07, 6.45) is 6.06. The van der Waals surface area contributed by atoms with Crippen molar-refractivity contribution in [1.29, 1.82) is 0 Å². The van der Waals surface area contributed by atoms with Crippen LogP contribution in [0.25, 0.3) is 0 Å². The Bertz CT molecular complexity index is 723. The van der Waals surface area contributed by atoms with Gasteiger partial charge < -0.3 is 5.73 Å². The third kappa shape index (κ3) is 3.72. The molecule has 2 rings (SSSR count). The number of nitrogens with two attached hydrogens (primary N) is 1. The molecule has 108 valence electrons. The van der Waals surface area contributed by atoms with Gasteiger partial charge in [0.2, 0.25) is 5.91 Å². The van der Waals surface area contributed by atoms with Crippen molar-refractivity contribution in [2.75, 3.05) is 5.73 Å². The lowest BCUT2D eigenvalue weighted by molar-refractivity contribution is -0.120. The van der Waals surface area contributed by atoms with Crippen molar-refractivity contribution in [3.63, 3.8) is 0 Å². The molecule has 0 saturated carbocycles. The van der Waals surface area contributed by atoms with Crippen molar-refractivity contribution in [2.45, 2.75) is 6.42 Å². The fourth-order valence-corrected chi connectivity index (χ4v) is 1.57. The Morgan fingerprint density at radius 1 is 1.48 bits per heavy atom. The summed E-state index contributed by atoms with van der Waals surface area (Å²) in [7, 11) is 1.50. The van der Waals surface area contributed by atoms with Gasteiger partial charge in [0.25, 0.3) is 0 Å². The minimum atomic E-state index is -0.452. The van der Waals surface area contributed by atoms with Crippen LogP contribution in [-0.4, -0.2) is 26.7 Å². The lowest BCUT2D eigenvalue weighted by Crippen LogP contribution is -2.24. The second-order valence-corrected chi connectivity index (χ2v) is 4.27. The van der Waals surface area contributed by atoms with Gasteiger partial charge in [0.1, 0.15) is 5.82 Å². The fourth-order valence-electron chi connectivity index (χ4n) is 1.57. The molecule has 1 amide bonds. The number of anilines is 1. The smallest absolute Gasteiger partial charge is 0.348 e. The first-order chi connectivity index (χ1) is 10.1. The number of rotatable bonds is 4. The summed E-state index contributed by atoms with van der Waals surface area (Å²) in [5, 5.41) is 3.79. The van der Waals surface area contributed by atoms with E-state index in [2.05, 4.69) is 20.5 Å². The number of nitrogens with one attached hydrogen (secondary N) is 1. The van der Waals surface area contributed by atoms with Crippen LogP contribution in [0.4, 0.5) is 5.82 Å². The molecule has 0 atom stereocenters. The summed E-state index contributed by atoms with van der Waals surface area (Å²) in [6.45, 7) is 0. The average Bonchev–Trinajstić information content (AvgIpc) is 2.48. The number of carbonyl (C=O) groups is 1. The highest BCUT2D eigenvalue weighted by atomic mass is 16.2. The second-order valence-electron chi connectivity index (χ2n) is 4.27. The monoisotopic (exact) mass is 286 g/mol. The standard InChI is InChI=1S/C13H14N6O2/c1-19-12(14)10(7-16-13(19)21)8-17-18-11(20)6-9-2-4-15-5-3-9/h2-5,7-8H,6,14H2,1H3,(H,18,20)/b17-8+. The predicted molar refractivity (Wildman–Crippen MR) is 77.6 cm³/mol. The molecule has 21 heavy (non-hydrogen) atoms. The second kappa shape index (κ2) is 6.42. The van der Waals surface area contributed by atoms with Gasteiger partial charge in [-0.3, -0.25) is 14.3 Å². The van der Waals surface area contributed by atoms with E-state index >= 15 is 0 Å². The molecule has 2 aromatic rings. The van der Waals surface area contributed by atoms with E-state index < -0.39 is 5.69 Å². The Morgan fingerprint density at radius 3 is 2.90 bits per heavy atom. The van der Waals surface area contributed by atoms with E-state index in [0.29, 0.717) is 5.56 Å². The van der Waals surface area contributed by atoms with Crippen LogP contribution in [0.5, 0.6) is 0 Å². The van der Waals surface area contributed by atoms with E-state index in [-0.39, 0.29) is 18.1 Å². The summed E-state index contributed by atoms with van der Waals surface area (Å²) < 4.78 is 1.19. The molecule has 2 aromatic heterocycles. The molecule has 0 fully saturated rings. The molecule has 0 bridgehead atoms. The van der Waals surface area contributed by atoms with Gasteiger partial charge in [0.15, 0.2) is 0 Å². The van der Waals surface area contributed by atoms with Crippen molar-refractivity contribution in [3.8, 4) is 0 Å². The average molecular weight is 286 g/mol. The Morgan fingerprint density at radius 2 is 2.19 bits per heavy atom. The number of nitrogens with zero attached hydrogens (tertiary/aromatic N) is 4. The Labute approximate surface area is 120 Å². The van der Waals surface area contributed by atoms with Crippen molar-refractivity contribution in [2.24, 2.45) is 12.1 Å². The maximum absolute atomic E-state index is 11.7. The molecule has 8 heteroatoms. The van der Waals surface area contributed by atoms with Crippen LogP contribution in [0, 0.1) is 0 Å². The first kappa shape index (κ1) is 14.4. The van der Waals surface area contributed by atoms with Gasteiger partial charge in [-0.15, -0.1) is 0 Å². The highest BCUT2D eigenvalue weighted by Crippen LogP contribution is 2.02. The van der Waals surface area contributed by atoms with E-state index in [4.69, 9.17) is 5.73 Å². The Hall–Kier alpha value is -3.03. The van der Waals surface area contributed by atoms with Crippen LogP contribution in [0.1, 0.15) is 11.1 Å². The lowest BCUT2D eigenvalue weighted by atomic mass is 10.2. The van der Waals surface area contributed by atoms with Crippen LogP contribution in [-0.2, 0) is 18.3 Å². The Kier molecular flexibility index (Phi) is 4.39. The van der Waals surface area contributed by atoms with Crippen molar-refractivity contribution >= 4 is 17.9 Å². The van der Waals surface area contributed by atoms with Crippen LogP contribution in [0.3, 0.4) is 0 Å². The summed E-state index contributed by atoms with van der Waals surface area (Å²) in [6, 6.07) is 3.50. The summed E-state index contributed by atoms with van der Waals surface area (Å²) in [5.74, 6) is -0.0454. The highest BCUT2D eigenvalue weighted by molar-refractivity contribution is 5.86. The summed E-state index contributed by atoms with van der Waals surface area (Å²) in [5.41, 5.74) is 8.94. The van der Waals surface area contributed by atoms with Gasteiger partial charge in [0.05, 0.1) is 18.2 Å². The zero-order valence-corrected chi connectivity index (χ0v) is 11.4. The van der Waals surface area contributed by atoms with Crippen molar-refractivity contribution < 1.29 is 4.79 Å². The molecule has 0 unspecified atom stereocenters. The first-order valence-corrected chi connectivity index (χ1v) is 6.10. The van der Waals surface area contributed by atoms with Crippen LogP contribution < -0.4 is 16.8 Å². The van der Waals surface area contributed by atoms with Gasteiger partial charge in [-0.2, -0.15) is 5.10 Å². The third-order valence-corrected chi connectivity index (χ3v) is 2.77. The lowest BCUT2D eigenvalue weighted by Gasteiger charge is -2.04. The fraction of sp³-hybridized carbons (Fsp3) is 0.154. The van der Waals surface area contributed by atoms with Crippen LogP contribution in [0.2, 0.25) is 0 Å². The van der Waals surface area contributed by atoms with E-state index in [1.165, 1.54) is 24.0 Å². The molecular weight excluding hydrogens is 272 g/mol. The SMILES string of the molecule is Cn1c(N)c(/C=N/NC(=O)Cc2ccncc2)cnc1=O. The number of nitrogen functional groups attached to an aromatic ring is 1. The molecule has 2 heterocycles. The maximum atomic E-state index is 11.7. The molecule has 0 aromatic carbocycles. The number of pyridine rings is 1. The third-order valence-electron chi connectivity index (χ3n) is 2.77. The molecule has 3 N–H and O–H groups in total. The summed E-state index contributed by atoms with van der Waals surface area (Å²) in [4.78, 5) is 30.4. The van der Waals surface area contributed by atoms with Crippen LogP contribution >= 0.6 is 0 Å². The minimum absolute atomic E-state index is 0.195. The molecule has 0 saturated heterocycles. The molecule has 8 nitrogen and oxygen atoms in total. The number of hydrogen-bond acceptors (Lipinski definition) is 6. The molecular formula is C13H14N6O2. The Balaban J connectivity index is 1.98. The molecule has 0 aliphatic carbocycles. The van der Waals surface area contributed by atoms with Crippen LogP contribution in [0.15, 0.2) is 40.6 Å². The first-order valence-electron chi connectivity index (χ1n) is 6.10. The quantitative estimate of drug-likeness (QED) is 0.578. The van der Waals surface area contributed by atoms with Gasteiger partial charge >= 0.3 is 5.69 Å². The largest absolute Gasteiger partial charge is 0.384 e. The zero-order chi connectivity index (χ0) is 15.2. The van der Waals surface area contributed by atoms with E-state index in [0.717, 1.165) is 5.56 Å². The number of amides is 1. The molecule has 0 aliphatic heterocycles. The number of hydrogen-bond donors (Lipinski definition) is 2. The molecule has 0 aliphatic rings. The predicted octanol–water partition coefficient (Wildman–Crippen LogP) is -0.550. The van der Waals surface area contributed by atoms with Crippen molar-refractivity contribution in [3.05, 3.63) is 52.3 Å². The number of hydrazone groups is 1. The summed E-state index contributed by atoms with van der Waals surface area (Å²) >= 11 is 0. The zero-order valence-electron chi connectivity index (χ0n) is 11.4. The van der Waals surface area contributed by atoms with E-state index in [1.807, 2.05) is 0 Å². The maximum Gasteiger partial charge on any atom is 0.348 e. The van der Waals surface area contributed by atoms with Crippen molar-refractivity contribution in [1.82, 2.24) is 20.0 Å². The highest BCUT2D eigenvalue weighted by Gasteiger charge is 2.04. The number of aromatic nitrogens is 3. The van der Waals surface area contributed by atoms with Gasteiger partial charge in [-0.1, -0.05) is 0 Å². The van der Waals surface area contributed by atoms with E-state index in [9.17, 15) is 9.59 Å². The topological polar surface area (TPSA) is 115 Å². The molecule has 0 radical (unpaired) electrons. The van der Waals surface area contributed by atoms with Gasteiger partial charge in [-0.25, -0.2) is 15.2 Å². The van der Waals surface area contributed by atoms with Gasteiger partial charge in [-0.05, 0) is 17.7 Å². The normalized spacial score (nSPS) is 10.7. The minimum Gasteiger partial charge on any atom is -0.384 e. The van der Waals surface area contributed by atoms with E-state index in [1.54, 1.807) is 24.5 Å².